The quantitative estimate of drug-likeness (QED) is 0.580. The summed E-state index contributed by atoms with van der Waals surface area (Å²) < 4.78 is 0.913. The van der Waals surface area contributed by atoms with Crippen LogP contribution in [0.5, 0.6) is 0 Å². The molecule has 1 aromatic carbocycles. The summed E-state index contributed by atoms with van der Waals surface area (Å²) in [6.07, 6.45) is 1.74. The number of hydrogen-bond acceptors (Lipinski definition) is 3. The molecule has 0 aliphatic carbocycles. The molecular weight excluding hydrogens is 426 g/mol. The Bertz CT molecular complexity index is 750. The molecule has 154 valence electrons. The number of halogens is 1. The van der Waals surface area contributed by atoms with Gasteiger partial charge in [-0.05, 0) is 50.3 Å². The van der Waals surface area contributed by atoms with Crippen molar-refractivity contribution in [3.05, 3.63) is 34.3 Å². The maximum absolute atomic E-state index is 13.3. The fourth-order valence-electron chi connectivity index (χ4n) is 4.16. The van der Waals surface area contributed by atoms with Gasteiger partial charge in [-0.25, -0.2) is 0 Å². The number of hydrogen-bond donors (Lipinski definition) is 2. The number of unbranched alkanes of at least 4 members (excludes halogenated alkanes) is 1. The molecule has 6 nitrogen and oxygen atoms in total. The number of likely N-dealkylation sites (tertiary alicyclic amines) is 1. The molecule has 28 heavy (non-hydrogen) atoms. The minimum absolute atomic E-state index is 0.0671. The molecular formula is C21H28BrNO5. The van der Waals surface area contributed by atoms with Gasteiger partial charge in [0.05, 0.1) is 11.5 Å². The van der Waals surface area contributed by atoms with E-state index in [0.29, 0.717) is 19.4 Å². The predicted octanol–water partition coefficient (Wildman–Crippen LogP) is 3.96. The molecule has 7 heteroatoms. The minimum Gasteiger partial charge on any atom is -0.481 e. The van der Waals surface area contributed by atoms with Crippen molar-refractivity contribution in [3.63, 3.8) is 0 Å². The zero-order valence-corrected chi connectivity index (χ0v) is 18.2. The Morgan fingerprint density at radius 3 is 2.25 bits per heavy atom. The number of aliphatic carboxylic acids is 2. The zero-order valence-electron chi connectivity index (χ0n) is 16.6. The molecule has 1 heterocycles. The highest BCUT2D eigenvalue weighted by molar-refractivity contribution is 9.10. The van der Waals surface area contributed by atoms with Crippen LogP contribution in [-0.2, 0) is 20.8 Å². The number of piperidine rings is 1. The number of amides is 1. The Morgan fingerprint density at radius 1 is 1.18 bits per heavy atom. The van der Waals surface area contributed by atoms with Gasteiger partial charge in [-0.15, -0.1) is 0 Å². The maximum Gasteiger partial charge on any atom is 0.319 e. The van der Waals surface area contributed by atoms with Crippen LogP contribution in [0, 0.1) is 10.8 Å². The van der Waals surface area contributed by atoms with Crippen LogP contribution in [-0.4, -0.2) is 45.5 Å². The summed E-state index contributed by atoms with van der Waals surface area (Å²) in [7, 11) is 0. The Labute approximate surface area is 174 Å². The standard InChI is InChI=1S/C21H28BrNO5/c1-4-6-11-23-16(12-14-7-9-15(22)10-8-14)20(3,18(25)26)13-21(5-2,17(23)24)19(27)28/h7-10,16H,4-6,11-13H2,1-3H3,(H,25,26)(H,27,28). The molecule has 1 fully saturated rings. The normalized spacial score (nSPS) is 27.6. The van der Waals surface area contributed by atoms with Gasteiger partial charge in [0.1, 0.15) is 5.41 Å². The van der Waals surface area contributed by atoms with Gasteiger partial charge >= 0.3 is 11.9 Å². The van der Waals surface area contributed by atoms with Crippen molar-refractivity contribution in [1.82, 2.24) is 4.90 Å². The third kappa shape index (κ3) is 3.95. The molecule has 2 rings (SSSR count). The van der Waals surface area contributed by atoms with Crippen molar-refractivity contribution >= 4 is 33.8 Å². The Balaban J connectivity index is 2.56. The van der Waals surface area contributed by atoms with Crippen LogP contribution in [0.4, 0.5) is 0 Å². The molecule has 1 aliphatic rings. The topological polar surface area (TPSA) is 94.9 Å². The molecule has 0 spiro atoms. The van der Waals surface area contributed by atoms with Crippen LogP contribution < -0.4 is 0 Å². The van der Waals surface area contributed by atoms with Gasteiger partial charge in [0.25, 0.3) is 0 Å². The second-order valence-corrected chi connectivity index (χ2v) is 8.75. The number of rotatable bonds is 8. The second-order valence-electron chi connectivity index (χ2n) is 7.84. The molecule has 0 radical (unpaired) electrons. The van der Waals surface area contributed by atoms with Crippen molar-refractivity contribution in [2.75, 3.05) is 6.54 Å². The number of carboxylic acid groups (broad SMARTS) is 2. The van der Waals surface area contributed by atoms with Crippen molar-refractivity contribution < 1.29 is 24.6 Å². The zero-order chi connectivity index (χ0) is 21.1. The van der Waals surface area contributed by atoms with Gasteiger partial charge in [0.2, 0.25) is 5.91 Å². The van der Waals surface area contributed by atoms with E-state index in [2.05, 4.69) is 15.9 Å². The van der Waals surface area contributed by atoms with Crippen molar-refractivity contribution in [1.29, 1.82) is 0 Å². The molecule has 3 unspecified atom stereocenters. The van der Waals surface area contributed by atoms with E-state index in [-0.39, 0.29) is 12.8 Å². The monoisotopic (exact) mass is 453 g/mol. The van der Waals surface area contributed by atoms with Crippen molar-refractivity contribution in [3.8, 4) is 0 Å². The Morgan fingerprint density at radius 2 is 1.79 bits per heavy atom. The van der Waals surface area contributed by atoms with E-state index in [1.165, 1.54) is 4.90 Å². The molecule has 2 N–H and O–H groups in total. The van der Waals surface area contributed by atoms with Gasteiger partial charge in [-0.2, -0.15) is 0 Å². The highest BCUT2D eigenvalue weighted by atomic mass is 79.9. The van der Waals surface area contributed by atoms with Gasteiger partial charge in [-0.3, -0.25) is 14.4 Å². The number of nitrogens with zero attached hydrogens (tertiary/aromatic N) is 1. The lowest BCUT2D eigenvalue weighted by molar-refractivity contribution is -0.182. The SMILES string of the molecule is CCCCN1C(=O)C(CC)(C(=O)O)CC(C)(C(=O)O)C1Cc1ccc(Br)cc1. The highest BCUT2D eigenvalue weighted by Gasteiger charge is 2.62. The minimum atomic E-state index is -1.70. The second kappa shape index (κ2) is 8.64. The molecule has 0 bridgehead atoms. The Kier molecular flexibility index (Phi) is 6.91. The lowest BCUT2D eigenvalue weighted by Gasteiger charge is -2.52. The van der Waals surface area contributed by atoms with E-state index in [9.17, 15) is 24.6 Å². The van der Waals surface area contributed by atoms with Gasteiger partial charge in [0, 0.05) is 11.0 Å². The first-order chi connectivity index (χ1) is 13.1. The van der Waals surface area contributed by atoms with Crippen molar-refractivity contribution in [2.24, 2.45) is 10.8 Å². The average Bonchev–Trinajstić information content (AvgIpc) is 2.65. The largest absolute Gasteiger partial charge is 0.481 e. The summed E-state index contributed by atoms with van der Waals surface area (Å²) in [5, 5.41) is 20.0. The molecule has 0 aromatic heterocycles. The van der Waals surface area contributed by atoms with E-state index < -0.39 is 34.7 Å². The third-order valence-corrected chi connectivity index (χ3v) is 6.58. The summed E-state index contributed by atoms with van der Waals surface area (Å²) >= 11 is 3.39. The lowest BCUT2D eigenvalue weighted by atomic mass is 9.61. The fourth-order valence-corrected chi connectivity index (χ4v) is 4.42. The Hall–Kier alpha value is -1.89. The van der Waals surface area contributed by atoms with Crippen molar-refractivity contribution in [2.45, 2.75) is 58.9 Å². The highest BCUT2D eigenvalue weighted by Crippen LogP contribution is 2.48. The summed E-state index contributed by atoms with van der Waals surface area (Å²) in [5.74, 6) is -2.77. The summed E-state index contributed by atoms with van der Waals surface area (Å²) in [5.41, 5.74) is -2.14. The molecule has 3 atom stereocenters. The number of benzene rings is 1. The van der Waals surface area contributed by atoms with Crippen LogP contribution >= 0.6 is 15.9 Å². The van der Waals surface area contributed by atoms with Crippen LogP contribution in [0.2, 0.25) is 0 Å². The smallest absolute Gasteiger partial charge is 0.319 e. The van der Waals surface area contributed by atoms with E-state index in [1.54, 1.807) is 13.8 Å². The first-order valence-corrected chi connectivity index (χ1v) is 10.4. The van der Waals surface area contributed by atoms with E-state index in [4.69, 9.17) is 0 Å². The van der Waals surface area contributed by atoms with Crippen LogP contribution in [0.15, 0.2) is 28.7 Å². The lowest BCUT2D eigenvalue weighted by Crippen LogP contribution is -2.66. The maximum atomic E-state index is 13.3. The predicted molar refractivity (Wildman–Crippen MR) is 109 cm³/mol. The van der Waals surface area contributed by atoms with Crippen LogP contribution in [0.25, 0.3) is 0 Å². The molecule has 1 aliphatic heterocycles. The van der Waals surface area contributed by atoms with Crippen LogP contribution in [0.3, 0.4) is 0 Å². The van der Waals surface area contributed by atoms with Gasteiger partial charge in [-0.1, -0.05) is 48.3 Å². The molecule has 1 amide bonds. The first kappa shape index (κ1) is 22.4. The number of carbonyl (C=O) groups excluding carboxylic acids is 1. The van der Waals surface area contributed by atoms with E-state index >= 15 is 0 Å². The van der Waals surface area contributed by atoms with E-state index in [0.717, 1.165) is 16.5 Å². The van der Waals surface area contributed by atoms with Gasteiger partial charge in [0.15, 0.2) is 0 Å². The fraction of sp³-hybridized carbons (Fsp3) is 0.571. The molecule has 0 saturated carbocycles. The van der Waals surface area contributed by atoms with Crippen LogP contribution in [0.1, 0.15) is 52.0 Å². The number of carboxylic acids is 2. The first-order valence-electron chi connectivity index (χ1n) is 9.64. The third-order valence-electron chi connectivity index (χ3n) is 6.05. The molecule has 1 aromatic rings. The average molecular weight is 454 g/mol. The van der Waals surface area contributed by atoms with E-state index in [1.807, 2.05) is 31.2 Å². The summed E-state index contributed by atoms with van der Waals surface area (Å²) in [4.78, 5) is 39.3. The van der Waals surface area contributed by atoms with Gasteiger partial charge < -0.3 is 15.1 Å². The summed E-state index contributed by atoms with van der Waals surface area (Å²) in [6.45, 7) is 5.56. The summed E-state index contributed by atoms with van der Waals surface area (Å²) in [6, 6.07) is 6.94. The molecule has 1 saturated heterocycles. The number of carbonyl (C=O) groups is 3.